The summed E-state index contributed by atoms with van der Waals surface area (Å²) in [6, 6.07) is 0.135. The first kappa shape index (κ1) is 13.3. The Morgan fingerprint density at radius 2 is 2.12 bits per heavy atom. The molecule has 1 unspecified atom stereocenters. The number of nitrogens with zero attached hydrogens (tertiary/aromatic N) is 1. The van der Waals surface area contributed by atoms with Crippen LogP contribution in [0.1, 0.15) is 25.7 Å². The third-order valence-corrected chi connectivity index (χ3v) is 2.68. The summed E-state index contributed by atoms with van der Waals surface area (Å²) >= 11 is 0. The normalized spacial score (nSPS) is 21.9. The van der Waals surface area contributed by atoms with E-state index in [9.17, 15) is 18.0 Å². The molecular formula is C10H17F3N2O. The standard InChI is InChI=1S/C10H17F3N2O/c1-15(9(16)6-10(11,12)13)7-8-4-2-3-5-14-8/h8,14H,2-7H2,1H3. The highest BCUT2D eigenvalue weighted by atomic mass is 19.4. The lowest BCUT2D eigenvalue weighted by Crippen LogP contribution is -2.44. The van der Waals surface area contributed by atoms with Crippen LogP contribution in [-0.4, -0.2) is 43.2 Å². The Bertz CT molecular complexity index is 237. The Morgan fingerprint density at radius 1 is 1.44 bits per heavy atom. The number of carbonyl (C=O) groups is 1. The van der Waals surface area contributed by atoms with E-state index in [4.69, 9.17) is 0 Å². The molecule has 1 atom stereocenters. The van der Waals surface area contributed by atoms with Crippen molar-refractivity contribution in [1.82, 2.24) is 10.2 Å². The molecule has 0 aromatic rings. The molecule has 6 heteroatoms. The van der Waals surface area contributed by atoms with Crippen molar-refractivity contribution in [2.45, 2.75) is 37.9 Å². The number of halogens is 3. The summed E-state index contributed by atoms with van der Waals surface area (Å²) in [5.41, 5.74) is 0. The van der Waals surface area contributed by atoms with Gasteiger partial charge >= 0.3 is 6.18 Å². The molecule has 0 radical (unpaired) electrons. The zero-order valence-electron chi connectivity index (χ0n) is 9.31. The zero-order valence-corrected chi connectivity index (χ0v) is 9.31. The highest BCUT2D eigenvalue weighted by molar-refractivity contribution is 5.76. The van der Waals surface area contributed by atoms with Crippen molar-refractivity contribution >= 4 is 5.91 Å². The van der Waals surface area contributed by atoms with E-state index in [1.807, 2.05) is 0 Å². The topological polar surface area (TPSA) is 32.3 Å². The second-order valence-electron chi connectivity index (χ2n) is 4.21. The SMILES string of the molecule is CN(CC1CCCCN1)C(=O)CC(F)(F)F. The Morgan fingerprint density at radius 3 is 2.62 bits per heavy atom. The highest BCUT2D eigenvalue weighted by Crippen LogP contribution is 2.20. The fourth-order valence-corrected chi connectivity index (χ4v) is 1.82. The van der Waals surface area contributed by atoms with Crippen LogP contribution in [0.4, 0.5) is 13.2 Å². The number of carbonyl (C=O) groups excluding carboxylic acids is 1. The third-order valence-electron chi connectivity index (χ3n) is 2.68. The molecule has 0 aromatic carbocycles. The molecular weight excluding hydrogens is 221 g/mol. The van der Waals surface area contributed by atoms with Gasteiger partial charge < -0.3 is 10.2 Å². The van der Waals surface area contributed by atoms with Crippen LogP contribution in [0.3, 0.4) is 0 Å². The van der Waals surface area contributed by atoms with Gasteiger partial charge in [0, 0.05) is 19.6 Å². The van der Waals surface area contributed by atoms with E-state index >= 15 is 0 Å². The first-order valence-corrected chi connectivity index (χ1v) is 5.42. The average molecular weight is 238 g/mol. The Kier molecular flexibility index (Phi) is 4.58. The Hall–Kier alpha value is -0.780. The third kappa shape index (κ3) is 4.83. The minimum absolute atomic E-state index is 0.135. The number of alkyl halides is 3. The van der Waals surface area contributed by atoms with Crippen LogP contribution in [0.15, 0.2) is 0 Å². The van der Waals surface area contributed by atoms with Gasteiger partial charge in [-0.25, -0.2) is 0 Å². The smallest absolute Gasteiger partial charge is 0.344 e. The monoisotopic (exact) mass is 238 g/mol. The van der Waals surface area contributed by atoms with Crippen LogP contribution in [0.25, 0.3) is 0 Å². The van der Waals surface area contributed by atoms with Gasteiger partial charge in [0.05, 0.1) is 0 Å². The lowest BCUT2D eigenvalue weighted by atomic mass is 10.0. The van der Waals surface area contributed by atoms with Crippen LogP contribution in [0, 0.1) is 0 Å². The maximum absolute atomic E-state index is 12.0. The van der Waals surface area contributed by atoms with Gasteiger partial charge in [0.15, 0.2) is 0 Å². The molecule has 0 aliphatic carbocycles. The maximum Gasteiger partial charge on any atom is 0.397 e. The summed E-state index contributed by atoms with van der Waals surface area (Å²) in [4.78, 5) is 12.4. The quantitative estimate of drug-likeness (QED) is 0.809. The van der Waals surface area contributed by atoms with E-state index in [1.165, 1.54) is 7.05 Å². The van der Waals surface area contributed by atoms with E-state index < -0.39 is 18.5 Å². The van der Waals surface area contributed by atoms with Gasteiger partial charge in [-0.1, -0.05) is 6.42 Å². The number of nitrogens with one attached hydrogen (secondary N) is 1. The molecule has 1 aliphatic heterocycles. The molecule has 0 spiro atoms. The van der Waals surface area contributed by atoms with Crippen molar-refractivity contribution in [3.63, 3.8) is 0 Å². The van der Waals surface area contributed by atoms with Gasteiger partial charge in [-0.2, -0.15) is 13.2 Å². The maximum atomic E-state index is 12.0. The van der Waals surface area contributed by atoms with Crippen molar-refractivity contribution in [2.24, 2.45) is 0 Å². The molecule has 1 amide bonds. The first-order chi connectivity index (χ1) is 7.38. The lowest BCUT2D eigenvalue weighted by molar-refractivity contribution is -0.160. The average Bonchev–Trinajstić information content (AvgIpc) is 2.16. The number of rotatable bonds is 3. The molecule has 0 saturated carbocycles. The molecule has 1 saturated heterocycles. The van der Waals surface area contributed by atoms with E-state index in [0.29, 0.717) is 6.54 Å². The molecule has 1 rings (SSSR count). The minimum atomic E-state index is -4.41. The second kappa shape index (κ2) is 5.52. The number of hydrogen-bond acceptors (Lipinski definition) is 2. The number of hydrogen-bond donors (Lipinski definition) is 1. The van der Waals surface area contributed by atoms with Crippen LogP contribution in [-0.2, 0) is 4.79 Å². The van der Waals surface area contributed by atoms with Gasteiger partial charge in [0.1, 0.15) is 6.42 Å². The van der Waals surface area contributed by atoms with Crippen LogP contribution in [0.2, 0.25) is 0 Å². The summed E-state index contributed by atoms with van der Waals surface area (Å²) in [7, 11) is 1.42. The highest BCUT2D eigenvalue weighted by Gasteiger charge is 2.33. The van der Waals surface area contributed by atoms with Gasteiger partial charge in [-0.3, -0.25) is 4.79 Å². The molecule has 0 aromatic heterocycles. The van der Waals surface area contributed by atoms with E-state index in [1.54, 1.807) is 0 Å². The van der Waals surface area contributed by atoms with Crippen molar-refractivity contribution in [3.05, 3.63) is 0 Å². The number of piperidine rings is 1. The number of likely N-dealkylation sites (N-methyl/N-ethyl adjacent to an activating group) is 1. The summed E-state index contributed by atoms with van der Waals surface area (Å²) in [5.74, 6) is -0.861. The molecule has 1 aliphatic rings. The van der Waals surface area contributed by atoms with Gasteiger partial charge in [0.25, 0.3) is 0 Å². The van der Waals surface area contributed by atoms with Crippen molar-refractivity contribution < 1.29 is 18.0 Å². The predicted octanol–water partition coefficient (Wildman–Crippen LogP) is 1.54. The molecule has 16 heavy (non-hydrogen) atoms. The Balaban J connectivity index is 2.33. The molecule has 1 heterocycles. The van der Waals surface area contributed by atoms with Crippen LogP contribution >= 0.6 is 0 Å². The van der Waals surface area contributed by atoms with Crippen molar-refractivity contribution in [3.8, 4) is 0 Å². The van der Waals surface area contributed by atoms with Crippen molar-refractivity contribution in [2.75, 3.05) is 20.1 Å². The first-order valence-electron chi connectivity index (χ1n) is 5.42. The van der Waals surface area contributed by atoms with Gasteiger partial charge in [0.2, 0.25) is 5.91 Å². The minimum Gasteiger partial charge on any atom is -0.344 e. The molecule has 94 valence electrons. The lowest BCUT2D eigenvalue weighted by Gasteiger charge is -2.28. The molecule has 1 fully saturated rings. The van der Waals surface area contributed by atoms with Crippen molar-refractivity contribution in [1.29, 1.82) is 0 Å². The fraction of sp³-hybridized carbons (Fsp3) is 0.900. The van der Waals surface area contributed by atoms with Crippen LogP contribution in [0.5, 0.6) is 0 Å². The van der Waals surface area contributed by atoms with Gasteiger partial charge in [-0.05, 0) is 19.4 Å². The summed E-state index contributed by atoms with van der Waals surface area (Å²) in [5, 5.41) is 3.19. The molecule has 1 N–H and O–H groups in total. The summed E-state index contributed by atoms with van der Waals surface area (Å²) in [6.45, 7) is 1.24. The van der Waals surface area contributed by atoms with Gasteiger partial charge in [-0.15, -0.1) is 0 Å². The summed E-state index contributed by atoms with van der Waals surface area (Å²) < 4.78 is 35.9. The molecule has 3 nitrogen and oxygen atoms in total. The largest absolute Gasteiger partial charge is 0.397 e. The van der Waals surface area contributed by atoms with Crippen LogP contribution < -0.4 is 5.32 Å². The summed E-state index contributed by atoms with van der Waals surface area (Å²) in [6.07, 6.45) is -2.69. The van der Waals surface area contributed by atoms with E-state index in [0.717, 1.165) is 30.7 Å². The number of amides is 1. The fourth-order valence-electron chi connectivity index (χ4n) is 1.82. The van der Waals surface area contributed by atoms with E-state index in [-0.39, 0.29) is 6.04 Å². The van der Waals surface area contributed by atoms with E-state index in [2.05, 4.69) is 5.32 Å². The Labute approximate surface area is 93.0 Å². The zero-order chi connectivity index (χ0) is 12.2. The molecule has 0 bridgehead atoms. The predicted molar refractivity (Wildman–Crippen MR) is 54.0 cm³/mol. The second-order valence-corrected chi connectivity index (χ2v) is 4.21.